The number of rotatable bonds is 6. The molecule has 5 nitrogen and oxygen atoms in total. The van der Waals surface area contributed by atoms with Crippen molar-refractivity contribution in [1.29, 1.82) is 5.26 Å². The second-order valence-corrected chi connectivity index (χ2v) is 6.29. The fourth-order valence-corrected chi connectivity index (χ4v) is 3.20. The Kier molecular flexibility index (Phi) is 5.63. The van der Waals surface area contributed by atoms with E-state index in [2.05, 4.69) is 21.3 Å². The van der Waals surface area contributed by atoms with Crippen LogP contribution in [0.2, 0.25) is 0 Å². The summed E-state index contributed by atoms with van der Waals surface area (Å²) < 4.78 is 0. The monoisotopic (exact) mass is 334 g/mol. The molecule has 1 aliphatic rings. The van der Waals surface area contributed by atoms with E-state index in [1.807, 2.05) is 30.3 Å². The molecule has 1 aromatic carbocycles. The summed E-state index contributed by atoms with van der Waals surface area (Å²) in [6, 6.07) is 15.7. The van der Waals surface area contributed by atoms with Crippen LogP contribution in [-0.4, -0.2) is 30.0 Å². The zero-order valence-corrected chi connectivity index (χ0v) is 14.2. The minimum Gasteiger partial charge on any atom is -0.354 e. The van der Waals surface area contributed by atoms with Crippen LogP contribution >= 0.6 is 0 Å². The SMILES string of the molecule is N#Cc1ccc(CCC(=O)NC[C@@H]2CCCN2c2ccccn2)cc1. The average Bonchev–Trinajstić information content (AvgIpc) is 3.14. The Hall–Kier alpha value is -2.87. The second kappa shape index (κ2) is 8.29. The molecule has 5 heteroatoms. The van der Waals surface area contributed by atoms with Gasteiger partial charge in [0.15, 0.2) is 0 Å². The third-order valence-corrected chi connectivity index (χ3v) is 4.58. The number of pyridine rings is 1. The number of carbonyl (C=O) groups excluding carboxylic acids is 1. The predicted octanol–water partition coefficient (Wildman–Crippen LogP) is 2.67. The molecule has 0 bridgehead atoms. The zero-order valence-electron chi connectivity index (χ0n) is 14.2. The first-order valence-electron chi connectivity index (χ1n) is 8.69. The van der Waals surface area contributed by atoms with Gasteiger partial charge in [-0.15, -0.1) is 0 Å². The largest absolute Gasteiger partial charge is 0.354 e. The second-order valence-electron chi connectivity index (χ2n) is 6.29. The molecule has 25 heavy (non-hydrogen) atoms. The molecule has 3 rings (SSSR count). The molecule has 0 spiro atoms. The molecule has 0 radical (unpaired) electrons. The first-order valence-corrected chi connectivity index (χ1v) is 8.69. The third kappa shape index (κ3) is 4.57. The maximum absolute atomic E-state index is 12.1. The number of nitrogens with zero attached hydrogens (tertiary/aromatic N) is 3. The van der Waals surface area contributed by atoms with Crippen LogP contribution in [0.15, 0.2) is 48.7 Å². The smallest absolute Gasteiger partial charge is 0.220 e. The van der Waals surface area contributed by atoms with Crippen LogP contribution in [0.3, 0.4) is 0 Å². The Balaban J connectivity index is 1.46. The molecule has 0 aliphatic carbocycles. The van der Waals surface area contributed by atoms with Crippen molar-refractivity contribution in [2.75, 3.05) is 18.0 Å². The van der Waals surface area contributed by atoms with Gasteiger partial charge in [0.05, 0.1) is 11.6 Å². The molecule has 1 saturated heterocycles. The van der Waals surface area contributed by atoms with Gasteiger partial charge in [-0.1, -0.05) is 18.2 Å². The van der Waals surface area contributed by atoms with Crippen LogP contribution < -0.4 is 10.2 Å². The highest BCUT2D eigenvalue weighted by molar-refractivity contribution is 5.76. The minimum atomic E-state index is 0.0669. The molecule has 1 aliphatic heterocycles. The van der Waals surface area contributed by atoms with Gasteiger partial charge in [-0.3, -0.25) is 4.79 Å². The number of hydrogen-bond donors (Lipinski definition) is 1. The van der Waals surface area contributed by atoms with Crippen molar-refractivity contribution < 1.29 is 4.79 Å². The van der Waals surface area contributed by atoms with E-state index in [4.69, 9.17) is 5.26 Å². The summed E-state index contributed by atoms with van der Waals surface area (Å²) in [5.41, 5.74) is 1.72. The van der Waals surface area contributed by atoms with E-state index in [1.165, 1.54) is 0 Å². The summed E-state index contributed by atoms with van der Waals surface area (Å²) in [5, 5.41) is 11.9. The molecule has 1 N–H and O–H groups in total. The molecule has 0 saturated carbocycles. The summed E-state index contributed by atoms with van der Waals surface area (Å²) in [7, 11) is 0. The predicted molar refractivity (Wildman–Crippen MR) is 97.1 cm³/mol. The van der Waals surface area contributed by atoms with Crippen molar-refractivity contribution in [3.63, 3.8) is 0 Å². The average molecular weight is 334 g/mol. The van der Waals surface area contributed by atoms with Crippen molar-refractivity contribution >= 4 is 11.7 Å². The highest BCUT2D eigenvalue weighted by Crippen LogP contribution is 2.22. The lowest BCUT2D eigenvalue weighted by molar-refractivity contribution is -0.121. The first kappa shape index (κ1) is 17.0. The summed E-state index contributed by atoms with van der Waals surface area (Å²) in [4.78, 5) is 18.8. The zero-order chi connectivity index (χ0) is 17.5. The van der Waals surface area contributed by atoms with Gasteiger partial charge in [0, 0.05) is 31.7 Å². The molecule has 2 aromatic rings. The Bertz CT molecular complexity index is 737. The van der Waals surface area contributed by atoms with Crippen LogP contribution in [0.5, 0.6) is 0 Å². The van der Waals surface area contributed by atoms with Crippen molar-refractivity contribution in [2.45, 2.75) is 31.7 Å². The summed E-state index contributed by atoms with van der Waals surface area (Å²) in [6.07, 6.45) is 5.16. The third-order valence-electron chi connectivity index (χ3n) is 4.58. The minimum absolute atomic E-state index is 0.0669. The van der Waals surface area contributed by atoms with Gasteiger partial charge >= 0.3 is 0 Å². The fourth-order valence-electron chi connectivity index (χ4n) is 3.20. The van der Waals surface area contributed by atoms with Crippen LogP contribution in [0, 0.1) is 11.3 Å². The van der Waals surface area contributed by atoms with E-state index < -0.39 is 0 Å². The lowest BCUT2D eigenvalue weighted by Gasteiger charge is -2.25. The van der Waals surface area contributed by atoms with E-state index in [-0.39, 0.29) is 5.91 Å². The first-order chi connectivity index (χ1) is 12.3. The molecule has 128 valence electrons. The van der Waals surface area contributed by atoms with Gasteiger partial charge < -0.3 is 10.2 Å². The summed E-state index contributed by atoms with van der Waals surface area (Å²) in [5.74, 6) is 1.05. The molecular weight excluding hydrogens is 312 g/mol. The number of aryl methyl sites for hydroxylation is 1. The summed E-state index contributed by atoms with van der Waals surface area (Å²) in [6.45, 7) is 1.64. The van der Waals surface area contributed by atoms with Crippen molar-refractivity contribution in [1.82, 2.24) is 10.3 Å². The van der Waals surface area contributed by atoms with E-state index >= 15 is 0 Å². The summed E-state index contributed by atoms with van der Waals surface area (Å²) >= 11 is 0. The van der Waals surface area contributed by atoms with Crippen LogP contribution in [0.25, 0.3) is 0 Å². The van der Waals surface area contributed by atoms with E-state index in [9.17, 15) is 4.79 Å². The van der Waals surface area contributed by atoms with E-state index in [0.29, 0.717) is 31.0 Å². The molecule has 1 atom stereocenters. The highest BCUT2D eigenvalue weighted by Gasteiger charge is 2.25. The van der Waals surface area contributed by atoms with E-state index in [1.54, 1.807) is 18.3 Å². The Morgan fingerprint density at radius 3 is 2.84 bits per heavy atom. The maximum atomic E-state index is 12.1. The number of hydrogen-bond acceptors (Lipinski definition) is 4. The number of aromatic nitrogens is 1. The van der Waals surface area contributed by atoms with Gasteiger partial charge in [-0.2, -0.15) is 5.26 Å². The van der Waals surface area contributed by atoms with E-state index in [0.717, 1.165) is 30.8 Å². The number of benzene rings is 1. The molecule has 1 amide bonds. The van der Waals surface area contributed by atoms with Crippen molar-refractivity contribution in [3.05, 3.63) is 59.8 Å². The number of anilines is 1. The Labute approximate surface area is 148 Å². The molecular formula is C20H22N4O. The Morgan fingerprint density at radius 1 is 1.28 bits per heavy atom. The van der Waals surface area contributed by atoms with Gasteiger partial charge in [0.1, 0.15) is 5.82 Å². The Morgan fingerprint density at radius 2 is 2.12 bits per heavy atom. The highest BCUT2D eigenvalue weighted by atomic mass is 16.1. The number of amides is 1. The maximum Gasteiger partial charge on any atom is 0.220 e. The van der Waals surface area contributed by atoms with Crippen LogP contribution in [0.1, 0.15) is 30.4 Å². The molecule has 1 fully saturated rings. The van der Waals surface area contributed by atoms with Crippen LogP contribution in [-0.2, 0) is 11.2 Å². The van der Waals surface area contributed by atoms with Gasteiger partial charge in [0.2, 0.25) is 5.91 Å². The van der Waals surface area contributed by atoms with Crippen molar-refractivity contribution in [3.8, 4) is 6.07 Å². The molecule has 2 heterocycles. The van der Waals surface area contributed by atoms with Crippen molar-refractivity contribution in [2.24, 2.45) is 0 Å². The fraction of sp³-hybridized carbons (Fsp3) is 0.350. The molecule has 1 aromatic heterocycles. The van der Waals surface area contributed by atoms with Gasteiger partial charge in [-0.05, 0) is 49.1 Å². The van der Waals surface area contributed by atoms with Gasteiger partial charge in [0.25, 0.3) is 0 Å². The van der Waals surface area contributed by atoms with Crippen LogP contribution in [0.4, 0.5) is 5.82 Å². The number of nitrogens with one attached hydrogen (secondary N) is 1. The normalized spacial score (nSPS) is 16.4. The quantitative estimate of drug-likeness (QED) is 0.882. The number of nitriles is 1. The number of carbonyl (C=O) groups is 1. The lowest BCUT2D eigenvalue weighted by atomic mass is 10.1. The standard InChI is InChI=1S/C20H22N4O/c21-14-17-8-6-16(7-9-17)10-11-20(25)23-15-18-4-3-13-24(18)19-5-1-2-12-22-19/h1-2,5-9,12,18H,3-4,10-11,13,15H2,(H,23,25)/t18-/m0/s1. The molecule has 0 unspecified atom stereocenters. The topological polar surface area (TPSA) is 69.0 Å². The van der Waals surface area contributed by atoms with Gasteiger partial charge in [-0.25, -0.2) is 4.98 Å². The lowest BCUT2D eigenvalue weighted by Crippen LogP contribution is -2.40.